The molecule has 0 unspecified atom stereocenters. The fraction of sp³-hybridized carbons (Fsp3) is 0.619. The van der Waals surface area contributed by atoms with Crippen LogP contribution in [-0.4, -0.2) is 36.3 Å². The number of hydrogen-bond acceptors (Lipinski definition) is 4. The van der Waals surface area contributed by atoms with Gasteiger partial charge in [-0.05, 0) is 49.3 Å². The number of ether oxygens (including phenoxy) is 1. The van der Waals surface area contributed by atoms with Crippen LogP contribution in [0, 0.1) is 5.92 Å². The molecule has 1 aromatic rings. The van der Waals surface area contributed by atoms with Gasteiger partial charge in [0.25, 0.3) is 0 Å². The van der Waals surface area contributed by atoms with Crippen LogP contribution in [0.1, 0.15) is 51.5 Å². The summed E-state index contributed by atoms with van der Waals surface area (Å²) in [4.78, 5) is 25.3. The van der Waals surface area contributed by atoms with E-state index in [2.05, 4.69) is 23.3 Å². The van der Waals surface area contributed by atoms with Gasteiger partial charge in [-0.3, -0.25) is 9.59 Å². The Bertz CT molecular complexity index is 625. The minimum absolute atomic E-state index is 0.0626. The molecule has 5 nitrogen and oxygen atoms in total. The zero-order chi connectivity index (χ0) is 19.9. The summed E-state index contributed by atoms with van der Waals surface area (Å²) in [7, 11) is 1.65. The van der Waals surface area contributed by atoms with Gasteiger partial charge >= 0.3 is 0 Å². The number of carbonyl (C=O) groups is 2. The largest absolute Gasteiger partial charge is 0.497 e. The van der Waals surface area contributed by atoms with Crippen LogP contribution < -0.4 is 15.4 Å². The first-order chi connectivity index (χ1) is 12.9. The molecule has 1 saturated carbocycles. The minimum atomic E-state index is -0.771. The number of carbonyl (C=O) groups excluding carboxylic acids is 2. The molecule has 0 radical (unpaired) electrons. The van der Waals surface area contributed by atoms with Crippen LogP contribution in [0.15, 0.2) is 24.3 Å². The van der Waals surface area contributed by atoms with Crippen molar-refractivity contribution in [1.82, 2.24) is 10.6 Å². The molecule has 27 heavy (non-hydrogen) atoms. The molecule has 0 heterocycles. The highest BCUT2D eigenvalue weighted by molar-refractivity contribution is 7.81. The van der Waals surface area contributed by atoms with Crippen LogP contribution in [0.25, 0.3) is 0 Å². The summed E-state index contributed by atoms with van der Waals surface area (Å²) in [6, 6.07) is 7.97. The van der Waals surface area contributed by atoms with Gasteiger partial charge < -0.3 is 15.4 Å². The fourth-order valence-corrected chi connectivity index (χ4v) is 3.52. The number of nitrogens with one attached hydrogen (secondary N) is 2. The van der Waals surface area contributed by atoms with Crippen LogP contribution in [0.4, 0.5) is 0 Å². The Labute approximate surface area is 168 Å². The van der Waals surface area contributed by atoms with Gasteiger partial charge in [0.2, 0.25) is 11.8 Å². The molecule has 1 aliphatic carbocycles. The number of amides is 2. The predicted octanol–water partition coefficient (Wildman–Crippen LogP) is 3.13. The molecule has 1 aromatic carbocycles. The van der Waals surface area contributed by atoms with Gasteiger partial charge in [-0.1, -0.05) is 38.8 Å². The van der Waals surface area contributed by atoms with Crippen LogP contribution in [-0.2, 0) is 16.0 Å². The number of hydrogen-bond donors (Lipinski definition) is 3. The van der Waals surface area contributed by atoms with Crippen LogP contribution >= 0.6 is 12.6 Å². The molecular weight excluding hydrogens is 360 g/mol. The lowest BCUT2D eigenvalue weighted by atomic mass is 9.95. The third-order valence-corrected chi connectivity index (χ3v) is 6.07. The molecule has 0 bridgehead atoms. The third kappa shape index (κ3) is 5.89. The zero-order valence-corrected chi connectivity index (χ0v) is 17.5. The normalized spacial score (nSPS) is 16.8. The second-order valence-electron chi connectivity index (χ2n) is 7.67. The Balaban J connectivity index is 1.84. The highest BCUT2D eigenvalue weighted by Crippen LogP contribution is 2.30. The van der Waals surface area contributed by atoms with Crippen molar-refractivity contribution in [2.75, 3.05) is 13.7 Å². The van der Waals surface area contributed by atoms with E-state index >= 15 is 0 Å². The Morgan fingerprint density at radius 1 is 1.19 bits per heavy atom. The Hall–Kier alpha value is -1.69. The molecule has 1 fully saturated rings. The van der Waals surface area contributed by atoms with Gasteiger partial charge in [0.15, 0.2) is 0 Å². The van der Waals surface area contributed by atoms with Crippen molar-refractivity contribution < 1.29 is 14.3 Å². The quantitative estimate of drug-likeness (QED) is 0.447. The average Bonchev–Trinajstić information content (AvgIpc) is 3.14. The van der Waals surface area contributed by atoms with Gasteiger partial charge in [0.1, 0.15) is 11.3 Å². The second-order valence-corrected chi connectivity index (χ2v) is 8.23. The molecule has 2 amide bonds. The van der Waals surface area contributed by atoms with Crippen molar-refractivity contribution in [3.05, 3.63) is 29.8 Å². The lowest BCUT2D eigenvalue weighted by Gasteiger charge is -2.31. The van der Waals surface area contributed by atoms with Gasteiger partial charge in [0, 0.05) is 6.54 Å². The van der Waals surface area contributed by atoms with E-state index in [0.29, 0.717) is 19.4 Å². The summed E-state index contributed by atoms with van der Waals surface area (Å²) in [5.41, 5.74) is 0.441. The summed E-state index contributed by atoms with van der Waals surface area (Å²) >= 11 is 4.39. The maximum atomic E-state index is 12.8. The van der Waals surface area contributed by atoms with E-state index in [1.54, 1.807) is 7.11 Å². The van der Waals surface area contributed by atoms with E-state index in [1.807, 2.05) is 38.1 Å². The fourth-order valence-electron chi connectivity index (χ4n) is 3.46. The molecule has 0 spiro atoms. The molecule has 1 atom stereocenters. The van der Waals surface area contributed by atoms with Gasteiger partial charge in [0.05, 0.1) is 12.4 Å². The van der Waals surface area contributed by atoms with Crippen molar-refractivity contribution >= 4 is 24.4 Å². The van der Waals surface area contributed by atoms with Crippen molar-refractivity contribution in [2.24, 2.45) is 5.92 Å². The second kappa shape index (κ2) is 10.0. The van der Waals surface area contributed by atoms with Gasteiger partial charge in [-0.15, -0.1) is 0 Å². The number of benzene rings is 1. The summed E-state index contributed by atoms with van der Waals surface area (Å²) in [5, 5.41) is 5.63. The third-order valence-electron chi connectivity index (χ3n) is 5.24. The number of thiol groups is 1. The molecule has 2 N–H and O–H groups in total. The molecule has 2 rings (SSSR count). The molecule has 0 aliphatic heterocycles. The molecule has 0 aromatic heterocycles. The maximum Gasteiger partial charge on any atom is 0.245 e. The maximum absolute atomic E-state index is 12.8. The molecule has 0 saturated heterocycles. The van der Waals surface area contributed by atoms with Crippen molar-refractivity contribution in [1.29, 1.82) is 0 Å². The lowest BCUT2D eigenvalue weighted by molar-refractivity contribution is -0.133. The van der Waals surface area contributed by atoms with Crippen molar-refractivity contribution in [3.63, 3.8) is 0 Å². The van der Waals surface area contributed by atoms with Gasteiger partial charge in [-0.25, -0.2) is 0 Å². The molecular formula is C21H32N2O3S. The smallest absolute Gasteiger partial charge is 0.245 e. The topological polar surface area (TPSA) is 67.4 Å². The Kier molecular flexibility index (Phi) is 8.02. The van der Waals surface area contributed by atoms with E-state index in [1.165, 1.54) is 5.56 Å². The summed E-state index contributed by atoms with van der Waals surface area (Å²) in [5.74, 6) is 0.755. The average molecular weight is 393 g/mol. The first-order valence-corrected chi connectivity index (χ1v) is 10.3. The zero-order valence-electron chi connectivity index (χ0n) is 16.6. The van der Waals surface area contributed by atoms with E-state index in [-0.39, 0.29) is 17.7 Å². The number of methoxy groups -OCH3 is 1. The summed E-state index contributed by atoms with van der Waals surface area (Å²) in [6.45, 7) is 4.51. The highest BCUT2D eigenvalue weighted by Gasteiger charge is 2.43. The summed E-state index contributed by atoms with van der Waals surface area (Å²) < 4.78 is 5.16. The number of aryl methyl sites for hydroxylation is 1. The molecule has 1 aliphatic rings. The van der Waals surface area contributed by atoms with Gasteiger partial charge in [-0.2, -0.15) is 12.6 Å². The monoisotopic (exact) mass is 392 g/mol. The van der Waals surface area contributed by atoms with Crippen molar-refractivity contribution in [3.8, 4) is 5.75 Å². The first-order valence-electron chi connectivity index (χ1n) is 9.79. The minimum Gasteiger partial charge on any atom is -0.497 e. The molecule has 150 valence electrons. The van der Waals surface area contributed by atoms with E-state index in [9.17, 15) is 9.59 Å². The highest BCUT2D eigenvalue weighted by atomic mass is 32.1. The predicted molar refractivity (Wildman–Crippen MR) is 111 cm³/mol. The Morgan fingerprint density at radius 2 is 1.81 bits per heavy atom. The Morgan fingerprint density at radius 3 is 2.37 bits per heavy atom. The van der Waals surface area contributed by atoms with Crippen molar-refractivity contribution in [2.45, 2.75) is 63.2 Å². The summed E-state index contributed by atoms with van der Waals surface area (Å²) in [6.07, 6.45) is 5.04. The van der Waals surface area contributed by atoms with E-state index < -0.39 is 10.8 Å². The lowest BCUT2D eigenvalue weighted by Crippen LogP contribution is -2.59. The van der Waals surface area contributed by atoms with Crippen LogP contribution in [0.5, 0.6) is 5.75 Å². The SMILES string of the molecule is COc1ccc(CCCNC(=O)C2(NC(=O)[C@@H](S)C(C)C)CCCC2)cc1. The molecule has 6 heteroatoms. The van der Waals surface area contributed by atoms with Crippen LogP contribution in [0.3, 0.4) is 0 Å². The van der Waals surface area contributed by atoms with E-state index in [4.69, 9.17) is 4.74 Å². The van der Waals surface area contributed by atoms with E-state index in [0.717, 1.165) is 31.4 Å². The van der Waals surface area contributed by atoms with Crippen LogP contribution in [0.2, 0.25) is 0 Å². The first kappa shape index (κ1) is 21.6. The standard InChI is InChI=1S/C21H32N2O3S/c1-15(2)18(27)19(24)23-21(12-4-5-13-21)20(25)22-14-6-7-16-8-10-17(26-3)11-9-16/h8-11,15,18,27H,4-7,12-14H2,1-3H3,(H,22,25)(H,23,24)/t18-/m0/s1. The number of rotatable bonds is 9.